The van der Waals surface area contributed by atoms with Crippen molar-refractivity contribution in [2.75, 3.05) is 5.73 Å². The van der Waals surface area contributed by atoms with E-state index in [-0.39, 0.29) is 5.69 Å². The molecule has 1 aromatic heterocycles. The molecular weight excluding hydrogens is 224 g/mol. The molecule has 2 N–H and O–H groups in total. The summed E-state index contributed by atoms with van der Waals surface area (Å²) in [5.41, 5.74) is 3.48. The molecular formula is C10H12F4N2. The maximum absolute atomic E-state index is 13.3. The number of nitrogen functional groups attached to an aromatic ring is 1. The first kappa shape index (κ1) is 12.7. The second-order valence-electron chi connectivity index (χ2n) is 3.85. The van der Waals surface area contributed by atoms with Gasteiger partial charge >= 0.3 is 6.18 Å². The van der Waals surface area contributed by atoms with Crippen LogP contribution in [0.5, 0.6) is 0 Å². The second-order valence-corrected chi connectivity index (χ2v) is 3.85. The summed E-state index contributed by atoms with van der Waals surface area (Å²) >= 11 is 0. The standard InChI is InChI=1S/C10H12F4N2/c1-4(2)8-6(10(12,13)14)5(3)7(11)9(15)16-8/h4H,1-3H3,(H2,15,16). The van der Waals surface area contributed by atoms with E-state index in [0.717, 1.165) is 6.92 Å². The topological polar surface area (TPSA) is 38.9 Å². The molecule has 2 nitrogen and oxygen atoms in total. The lowest BCUT2D eigenvalue weighted by molar-refractivity contribution is -0.139. The van der Waals surface area contributed by atoms with Crippen LogP contribution in [0, 0.1) is 12.7 Å². The van der Waals surface area contributed by atoms with E-state index in [1.54, 1.807) is 13.8 Å². The average molecular weight is 236 g/mol. The van der Waals surface area contributed by atoms with Crippen LogP contribution in [-0.2, 0) is 6.18 Å². The van der Waals surface area contributed by atoms with Crippen molar-refractivity contribution < 1.29 is 17.6 Å². The summed E-state index contributed by atoms with van der Waals surface area (Å²) in [6.07, 6.45) is -4.62. The zero-order valence-corrected chi connectivity index (χ0v) is 9.11. The third-order valence-electron chi connectivity index (χ3n) is 2.26. The second kappa shape index (κ2) is 3.92. The molecule has 0 fully saturated rings. The van der Waals surface area contributed by atoms with E-state index in [0.29, 0.717) is 0 Å². The van der Waals surface area contributed by atoms with E-state index in [1.165, 1.54) is 0 Å². The molecule has 16 heavy (non-hydrogen) atoms. The molecule has 0 aromatic carbocycles. The Morgan fingerprint density at radius 2 is 1.75 bits per heavy atom. The van der Waals surface area contributed by atoms with Crippen molar-refractivity contribution >= 4 is 5.82 Å². The summed E-state index contributed by atoms with van der Waals surface area (Å²) in [6, 6.07) is 0. The maximum atomic E-state index is 13.3. The third-order valence-corrected chi connectivity index (χ3v) is 2.26. The maximum Gasteiger partial charge on any atom is 0.418 e. The minimum Gasteiger partial charge on any atom is -0.381 e. The van der Waals surface area contributed by atoms with Crippen molar-refractivity contribution in [1.29, 1.82) is 0 Å². The molecule has 0 spiro atoms. The van der Waals surface area contributed by atoms with Crippen molar-refractivity contribution in [2.45, 2.75) is 32.9 Å². The zero-order chi connectivity index (χ0) is 12.7. The number of hydrogen-bond donors (Lipinski definition) is 1. The Kier molecular flexibility index (Phi) is 3.12. The normalized spacial score (nSPS) is 12.2. The number of halogens is 4. The van der Waals surface area contributed by atoms with Crippen LogP contribution < -0.4 is 5.73 Å². The third kappa shape index (κ3) is 2.10. The van der Waals surface area contributed by atoms with Gasteiger partial charge in [0, 0.05) is 5.56 Å². The van der Waals surface area contributed by atoms with Crippen molar-refractivity contribution in [3.8, 4) is 0 Å². The molecule has 0 amide bonds. The number of pyridine rings is 1. The van der Waals surface area contributed by atoms with Crippen molar-refractivity contribution in [3.63, 3.8) is 0 Å². The number of alkyl halides is 3. The Hall–Kier alpha value is -1.33. The monoisotopic (exact) mass is 236 g/mol. The van der Waals surface area contributed by atoms with Crippen LogP contribution in [0.25, 0.3) is 0 Å². The van der Waals surface area contributed by atoms with E-state index >= 15 is 0 Å². The highest BCUT2D eigenvalue weighted by molar-refractivity contribution is 5.44. The van der Waals surface area contributed by atoms with Crippen molar-refractivity contribution in [3.05, 3.63) is 22.6 Å². The lowest BCUT2D eigenvalue weighted by atomic mass is 9.99. The number of nitrogens with two attached hydrogens (primary N) is 1. The molecule has 1 aromatic rings. The number of anilines is 1. The Morgan fingerprint density at radius 1 is 1.25 bits per heavy atom. The fraction of sp³-hybridized carbons (Fsp3) is 0.500. The van der Waals surface area contributed by atoms with Gasteiger partial charge in [-0.3, -0.25) is 0 Å². The van der Waals surface area contributed by atoms with Gasteiger partial charge in [-0.2, -0.15) is 13.2 Å². The SMILES string of the molecule is Cc1c(F)c(N)nc(C(C)C)c1C(F)(F)F. The number of aromatic nitrogens is 1. The quantitative estimate of drug-likeness (QED) is 0.760. The lowest BCUT2D eigenvalue weighted by Gasteiger charge is -2.18. The van der Waals surface area contributed by atoms with Gasteiger partial charge in [-0.1, -0.05) is 13.8 Å². The summed E-state index contributed by atoms with van der Waals surface area (Å²) in [5, 5.41) is 0. The highest BCUT2D eigenvalue weighted by Crippen LogP contribution is 2.38. The van der Waals surface area contributed by atoms with Gasteiger partial charge in [-0.15, -0.1) is 0 Å². The van der Waals surface area contributed by atoms with Crippen molar-refractivity contribution in [1.82, 2.24) is 4.98 Å². The first-order valence-electron chi connectivity index (χ1n) is 4.69. The average Bonchev–Trinajstić information content (AvgIpc) is 2.10. The van der Waals surface area contributed by atoms with Crippen LogP contribution in [0.4, 0.5) is 23.4 Å². The van der Waals surface area contributed by atoms with Gasteiger partial charge in [0.1, 0.15) is 0 Å². The number of rotatable bonds is 1. The van der Waals surface area contributed by atoms with E-state index in [9.17, 15) is 17.6 Å². The summed E-state index contributed by atoms with van der Waals surface area (Å²) < 4.78 is 51.5. The molecule has 0 aliphatic rings. The molecule has 0 unspecified atom stereocenters. The number of nitrogens with zero attached hydrogens (tertiary/aromatic N) is 1. The highest BCUT2D eigenvalue weighted by atomic mass is 19.4. The fourth-order valence-corrected chi connectivity index (χ4v) is 1.50. The van der Waals surface area contributed by atoms with Gasteiger partial charge < -0.3 is 5.73 Å². The summed E-state index contributed by atoms with van der Waals surface area (Å²) in [7, 11) is 0. The largest absolute Gasteiger partial charge is 0.418 e. The van der Waals surface area contributed by atoms with Gasteiger partial charge in [0.05, 0.1) is 11.3 Å². The highest BCUT2D eigenvalue weighted by Gasteiger charge is 2.38. The molecule has 0 saturated heterocycles. The van der Waals surface area contributed by atoms with Gasteiger partial charge in [0.25, 0.3) is 0 Å². The van der Waals surface area contributed by atoms with Crippen LogP contribution in [0.15, 0.2) is 0 Å². The fourth-order valence-electron chi connectivity index (χ4n) is 1.50. The molecule has 0 aliphatic carbocycles. The molecule has 0 bridgehead atoms. The van der Waals surface area contributed by atoms with Gasteiger partial charge in [0.2, 0.25) is 0 Å². The minimum atomic E-state index is -4.62. The zero-order valence-electron chi connectivity index (χ0n) is 9.11. The molecule has 1 heterocycles. The number of hydrogen-bond acceptors (Lipinski definition) is 2. The first-order chi connectivity index (χ1) is 7.16. The Bertz CT molecular complexity index is 410. The summed E-state index contributed by atoms with van der Waals surface area (Å²) in [4.78, 5) is 3.48. The van der Waals surface area contributed by atoms with Crippen LogP contribution in [0.1, 0.15) is 36.6 Å². The van der Waals surface area contributed by atoms with E-state index in [2.05, 4.69) is 4.98 Å². The minimum absolute atomic E-state index is 0.219. The van der Waals surface area contributed by atoms with Gasteiger partial charge in [-0.05, 0) is 12.8 Å². The molecule has 90 valence electrons. The van der Waals surface area contributed by atoms with Crippen LogP contribution in [0.3, 0.4) is 0 Å². The summed E-state index contributed by atoms with van der Waals surface area (Å²) in [5.74, 6) is -2.07. The molecule has 0 aliphatic heterocycles. The lowest BCUT2D eigenvalue weighted by Crippen LogP contribution is -2.17. The van der Waals surface area contributed by atoms with Crippen LogP contribution in [0.2, 0.25) is 0 Å². The van der Waals surface area contributed by atoms with E-state index in [1.807, 2.05) is 0 Å². The first-order valence-corrected chi connectivity index (χ1v) is 4.69. The molecule has 6 heteroatoms. The van der Waals surface area contributed by atoms with E-state index in [4.69, 9.17) is 5.73 Å². The molecule has 1 rings (SSSR count). The molecule has 0 saturated carbocycles. The Morgan fingerprint density at radius 3 is 2.12 bits per heavy atom. The van der Waals surface area contributed by atoms with Crippen LogP contribution >= 0.6 is 0 Å². The van der Waals surface area contributed by atoms with Crippen molar-refractivity contribution in [2.24, 2.45) is 0 Å². The Balaban J connectivity index is 3.62. The molecule has 0 radical (unpaired) electrons. The smallest absolute Gasteiger partial charge is 0.381 e. The summed E-state index contributed by atoms with van der Waals surface area (Å²) in [6.45, 7) is 4.16. The Labute approximate surface area is 90.5 Å². The predicted molar refractivity (Wildman–Crippen MR) is 52.4 cm³/mol. The predicted octanol–water partition coefficient (Wildman–Crippen LogP) is 3.25. The molecule has 0 atom stereocenters. The van der Waals surface area contributed by atoms with E-state index < -0.39 is 34.9 Å². The van der Waals surface area contributed by atoms with Gasteiger partial charge in [0.15, 0.2) is 11.6 Å². The van der Waals surface area contributed by atoms with Crippen LogP contribution in [-0.4, -0.2) is 4.98 Å². The van der Waals surface area contributed by atoms with Gasteiger partial charge in [-0.25, -0.2) is 9.37 Å².